The Morgan fingerprint density at radius 1 is 1.10 bits per heavy atom. The zero-order chi connectivity index (χ0) is 20.9. The molecule has 0 N–H and O–H groups in total. The van der Waals surface area contributed by atoms with E-state index in [1.165, 1.54) is 28.4 Å². The molecule has 0 aliphatic carbocycles. The lowest BCUT2D eigenvalue weighted by atomic mass is 10.3. The Balaban J connectivity index is 1.60. The van der Waals surface area contributed by atoms with Crippen LogP contribution >= 0.6 is 11.8 Å². The van der Waals surface area contributed by atoms with E-state index in [-0.39, 0.29) is 10.6 Å². The maximum absolute atomic E-state index is 13.0. The van der Waals surface area contributed by atoms with Crippen molar-refractivity contribution in [3.05, 3.63) is 58.6 Å². The Hall–Kier alpha value is -2.14. The van der Waals surface area contributed by atoms with Gasteiger partial charge in [-0.2, -0.15) is 4.31 Å². The standard InChI is InChI=1S/C19H23N3O5S2/c1-27-16-7-8-19(18(15-16)22(23)24)29(25,26)21-11-9-20(10-12-21)13-14-28-17-5-3-2-4-6-17/h2-8,15H,9-14H2,1H3. The Morgan fingerprint density at radius 2 is 1.79 bits per heavy atom. The Kier molecular flexibility index (Phi) is 7.12. The van der Waals surface area contributed by atoms with Gasteiger partial charge >= 0.3 is 0 Å². The van der Waals surface area contributed by atoms with Crippen LogP contribution in [0.2, 0.25) is 0 Å². The molecular formula is C19H23N3O5S2. The predicted molar refractivity (Wildman–Crippen MR) is 112 cm³/mol. The molecule has 8 nitrogen and oxygen atoms in total. The maximum Gasteiger partial charge on any atom is 0.293 e. The van der Waals surface area contributed by atoms with Crippen molar-refractivity contribution >= 4 is 27.5 Å². The van der Waals surface area contributed by atoms with Gasteiger partial charge in [0.15, 0.2) is 4.90 Å². The zero-order valence-corrected chi connectivity index (χ0v) is 17.7. The van der Waals surface area contributed by atoms with E-state index >= 15 is 0 Å². The SMILES string of the molecule is COc1ccc(S(=O)(=O)N2CCN(CCSc3ccccc3)CC2)c([N+](=O)[O-])c1. The number of methoxy groups -OCH3 is 1. The molecule has 2 aromatic carbocycles. The van der Waals surface area contributed by atoms with E-state index in [4.69, 9.17) is 4.74 Å². The number of piperazine rings is 1. The maximum atomic E-state index is 13.0. The van der Waals surface area contributed by atoms with Crippen molar-refractivity contribution in [1.82, 2.24) is 9.21 Å². The van der Waals surface area contributed by atoms with Crippen molar-refractivity contribution in [1.29, 1.82) is 0 Å². The Labute approximate surface area is 174 Å². The van der Waals surface area contributed by atoms with Crippen molar-refractivity contribution in [2.75, 3.05) is 45.6 Å². The lowest BCUT2D eigenvalue weighted by molar-refractivity contribution is -0.387. The number of nitrogens with zero attached hydrogens (tertiary/aromatic N) is 3. The normalized spacial score (nSPS) is 15.9. The van der Waals surface area contributed by atoms with Gasteiger partial charge in [0.25, 0.3) is 5.69 Å². The van der Waals surface area contributed by atoms with E-state index < -0.39 is 20.6 Å². The lowest BCUT2D eigenvalue weighted by Crippen LogP contribution is -2.49. The predicted octanol–water partition coefficient (Wildman–Crippen LogP) is 2.70. The summed E-state index contributed by atoms with van der Waals surface area (Å²) in [6.07, 6.45) is 0. The molecule has 1 heterocycles. The van der Waals surface area contributed by atoms with Crippen LogP contribution < -0.4 is 4.74 Å². The third-order valence-electron chi connectivity index (χ3n) is 4.73. The summed E-state index contributed by atoms with van der Waals surface area (Å²) < 4.78 is 32.3. The molecule has 0 amide bonds. The first-order chi connectivity index (χ1) is 13.9. The van der Waals surface area contributed by atoms with E-state index in [0.29, 0.717) is 26.2 Å². The minimum absolute atomic E-state index is 0.247. The highest BCUT2D eigenvalue weighted by molar-refractivity contribution is 7.99. The molecule has 2 aromatic rings. The van der Waals surface area contributed by atoms with Crippen LogP contribution in [0.1, 0.15) is 0 Å². The van der Waals surface area contributed by atoms with Gasteiger partial charge in [0, 0.05) is 43.4 Å². The number of sulfonamides is 1. The van der Waals surface area contributed by atoms with Gasteiger partial charge < -0.3 is 4.74 Å². The first-order valence-electron chi connectivity index (χ1n) is 9.14. The molecule has 3 rings (SSSR count). The van der Waals surface area contributed by atoms with Crippen LogP contribution in [0.5, 0.6) is 5.75 Å². The molecule has 0 saturated carbocycles. The second-order valence-electron chi connectivity index (χ2n) is 6.50. The van der Waals surface area contributed by atoms with E-state index in [9.17, 15) is 18.5 Å². The number of hydrogen-bond donors (Lipinski definition) is 0. The third kappa shape index (κ3) is 5.27. The highest BCUT2D eigenvalue weighted by Gasteiger charge is 2.34. The van der Waals surface area contributed by atoms with E-state index in [0.717, 1.165) is 18.4 Å². The first-order valence-corrected chi connectivity index (χ1v) is 11.6. The van der Waals surface area contributed by atoms with Crippen LogP contribution in [0.4, 0.5) is 5.69 Å². The largest absolute Gasteiger partial charge is 0.497 e. The molecule has 10 heteroatoms. The summed E-state index contributed by atoms with van der Waals surface area (Å²) in [7, 11) is -2.57. The Bertz CT molecular complexity index is 946. The summed E-state index contributed by atoms with van der Waals surface area (Å²) in [5, 5.41) is 11.4. The molecule has 0 bridgehead atoms. The third-order valence-corrected chi connectivity index (χ3v) is 7.67. The molecule has 0 unspecified atom stereocenters. The topological polar surface area (TPSA) is 93.0 Å². The lowest BCUT2D eigenvalue weighted by Gasteiger charge is -2.33. The van der Waals surface area contributed by atoms with Crippen LogP contribution in [-0.2, 0) is 10.0 Å². The summed E-state index contributed by atoms with van der Waals surface area (Å²) in [4.78, 5) is 13.8. The number of benzene rings is 2. The second kappa shape index (κ2) is 9.57. The van der Waals surface area contributed by atoms with Gasteiger partial charge in [0.2, 0.25) is 10.0 Å². The van der Waals surface area contributed by atoms with Crippen LogP contribution in [0.25, 0.3) is 0 Å². The van der Waals surface area contributed by atoms with Crippen LogP contribution in [-0.4, -0.2) is 68.1 Å². The molecule has 0 atom stereocenters. The molecule has 29 heavy (non-hydrogen) atoms. The number of rotatable bonds is 8. The summed E-state index contributed by atoms with van der Waals surface area (Å²) in [5.41, 5.74) is -0.467. The van der Waals surface area contributed by atoms with Crippen molar-refractivity contribution in [2.45, 2.75) is 9.79 Å². The highest BCUT2D eigenvalue weighted by atomic mass is 32.2. The summed E-state index contributed by atoms with van der Waals surface area (Å²) >= 11 is 1.77. The fourth-order valence-electron chi connectivity index (χ4n) is 3.13. The van der Waals surface area contributed by atoms with Crippen molar-refractivity contribution in [3.63, 3.8) is 0 Å². The molecule has 1 saturated heterocycles. The molecule has 1 aliphatic rings. The van der Waals surface area contributed by atoms with Crippen LogP contribution in [0.3, 0.4) is 0 Å². The quantitative estimate of drug-likeness (QED) is 0.356. The van der Waals surface area contributed by atoms with Gasteiger partial charge in [-0.1, -0.05) is 18.2 Å². The summed E-state index contributed by atoms with van der Waals surface area (Å²) in [6.45, 7) is 2.66. The Morgan fingerprint density at radius 3 is 2.41 bits per heavy atom. The highest BCUT2D eigenvalue weighted by Crippen LogP contribution is 2.31. The van der Waals surface area contributed by atoms with Crippen molar-refractivity contribution in [3.8, 4) is 5.75 Å². The number of thioether (sulfide) groups is 1. The molecule has 1 fully saturated rings. The smallest absolute Gasteiger partial charge is 0.293 e. The summed E-state index contributed by atoms with van der Waals surface area (Å²) in [6, 6.07) is 13.9. The number of ether oxygens (including phenoxy) is 1. The minimum Gasteiger partial charge on any atom is -0.497 e. The van der Waals surface area contributed by atoms with Gasteiger partial charge in [-0.05, 0) is 24.3 Å². The molecular weight excluding hydrogens is 414 g/mol. The molecule has 156 valence electrons. The zero-order valence-electron chi connectivity index (χ0n) is 16.1. The van der Waals surface area contributed by atoms with Gasteiger partial charge in [-0.25, -0.2) is 8.42 Å². The average Bonchev–Trinajstić information content (AvgIpc) is 2.74. The van der Waals surface area contributed by atoms with Crippen molar-refractivity contribution < 1.29 is 18.1 Å². The van der Waals surface area contributed by atoms with E-state index in [1.807, 2.05) is 18.2 Å². The van der Waals surface area contributed by atoms with Crippen LogP contribution in [0.15, 0.2) is 58.3 Å². The fourth-order valence-corrected chi connectivity index (χ4v) is 5.62. The van der Waals surface area contributed by atoms with E-state index in [1.54, 1.807) is 11.8 Å². The minimum atomic E-state index is -3.95. The molecule has 0 aromatic heterocycles. The van der Waals surface area contributed by atoms with Crippen LogP contribution in [0, 0.1) is 10.1 Å². The van der Waals surface area contributed by atoms with Gasteiger partial charge in [0.05, 0.1) is 18.1 Å². The summed E-state index contributed by atoms with van der Waals surface area (Å²) in [5.74, 6) is 1.16. The number of nitro benzene ring substituents is 1. The number of nitro groups is 1. The van der Waals surface area contributed by atoms with E-state index in [2.05, 4.69) is 17.0 Å². The van der Waals surface area contributed by atoms with Gasteiger partial charge in [0.1, 0.15) is 5.75 Å². The van der Waals surface area contributed by atoms with Crippen molar-refractivity contribution in [2.24, 2.45) is 0 Å². The molecule has 1 aliphatic heterocycles. The average molecular weight is 438 g/mol. The van der Waals surface area contributed by atoms with Gasteiger partial charge in [-0.3, -0.25) is 15.0 Å². The fraction of sp³-hybridized carbons (Fsp3) is 0.368. The van der Waals surface area contributed by atoms with Gasteiger partial charge in [-0.15, -0.1) is 11.8 Å². The monoisotopic (exact) mass is 437 g/mol. The molecule has 0 radical (unpaired) electrons. The number of hydrogen-bond acceptors (Lipinski definition) is 7. The first kappa shape index (κ1) is 21.6. The molecule has 0 spiro atoms. The second-order valence-corrected chi connectivity index (χ2v) is 9.57.